The van der Waals surface area contributed by atoms with E-state index in [9.17, 15) is 13.9 Å². The fraction of sp³-hybridized carbons (Fsp3) is 0.438. The van der Waals surface area contributed by atoms with Gasteiger partial charge >= 0.3 is 0 Å². The largest absolute Gasteiger partial charge is 0.393 e. The van der Waals surface area contributed by atoms with Crippen LogP contribution in [0.1, 0.15) is 18.0 Å². The van der Waals surface area contributed by atoms with Crippen LogP contribution in [0.15, 0.2) is 36.8 Å². The van der Waals surface area contributed by atoms with Crippen molar-refractivity contribution < 1.29 is 13.9 Å². The minimum Gasteiger partial charge on any atom is -0.393 e. The predicted octanol–water partition coefficient (Wildman–Crippen LogP) is 2.76. The number of imidazole rings is 1. The third kappa shape index (κ3) is 1.52. The summed E-state index contributed by atoms with van der Waals surface area (Å²) in [6, 6.07) is 7.57. The molecule has 1 aliphatic heterocycles. The first-order chi connectivity index (χ1) is 10.2. The van der Waals surface area contributed by atoms with E-state index >= 15 is 0 Å². The number of hydrogen-bond acceptors (Lipinski definition) is 2. The maximum Gasteiger partial charge on any atom is 0.0981 e. The van der Waals surface area contributed by atoms with Crippen molar-refractivity contribution in [3.63, 3.8) is 0 Å². The number of benzene rings is 1. The van der Waals surface area contributed by atoms with Crippen LogP contribution in [-0.2, 0) is 0 Å². The molecular weight excluding hydrogens is 274 g/mol. The summed E-state index contributed by atoms with van der Waals surface area (Å²) in [6.45, 7) is -1.48. The molecule has 1 aliphatic carbocycles. The highest BCUT2D eigenvalue weighted by Crippen LogP contribution is 2.57. The Hall–Kier alpha value is -1.75. The molecule has 1 aromatic heterocycles. The van der Waals surface area contributed by atoms with Crippen LogP contribution in [0.5, 0.6) is 0 Å². The highest BCUT2D eigenvalue weighted by molar-refractivity contribution is 5.69. The SMILES string of the molecule is O[C@@H]1CC(CF)(CF)[C@@H]1[C@@H]1c2ccccc2-c2cncn21. The molecule has 1 saturated carbocycles. The Balaban J connectivity index is 1.86. The van der Waals surface area contributed by atoms with Crippen molar-refractivity contribution in [3.05, 3.63) is 42.4 Å². The van der Waals surface area contributed by atoms with E-state index < -0.39 is 30.8 Å². The summed E-state index contributed by atoms with van der Waals surface area (Å²) in [5, 5.41) is 10.2. The minimum atomic E-state index is -1.07. The molecule has 2 heterocycles. The molecule has 0 unspecified atom stereocenters. The van der Waals surface area contributed by atoms with Gasteiger partial charge in [-0.2, -0.15) is 0 Å². The van der Waals surface area contributed by atoms with E-state index in [1.807, 2.05) is 28.8 Å². The first kappa shape index (κ1) is 13.0. The zero-order valence-corrected chi connectivity index (χ0v) is 11.4. The Labute approximate surface area is 121 Å². The smallest absolute Gasteiger partial charge is 0.0981 e. The van der Waals surface area contributed by atoms with Gasteiger partial charge in [0.05, 0.1) is 43.7 Å². The first-order valence-electron chi connectivity index (χ1n) is 7.13. The van der Waals surface area contributed by atoms with Gasteiger partial charge in [0.2, 0.25) is 0 Å². The van der Waals surface area contributed by atoms with E-state index in [1.54, 1.807) is 12.5 Å². The van der Waals surface area contributed by atoms with Crippen LogP contribution in [0.25, 0.3) is 11.3 Å². The number of alkyl halides is 2. The number of hydrogen-bond donors (Lipinski definition) is 1. The third-order valence-corrected chi connectivity index (χ3v) is 5.13. The average molecular weight is 290 g/mol. The standard InChI is InChI=1S/C16H16F2N2O/c17-7-16(8-18)5-13(21)14(16)15-11-4-2-1-3-10(11)12-6-19-9-20(12)15/h1-4,6,9,13-15,21H,5,7-8H2/t13-,14+,15+/m1/s1. The van der Waals surface area contributed by atoms with Crippen molar-refractivity contribution in [2.75, 3.05) is 13.3 Å². The molecular formula is C16H16F2N2O. The van der Waals surface area contributed by atoms with Crippen molar-refractivity contribution in [2.45, 2.75) is 18.6 Å². The average Bonchev–Trinajstić information content (AvgIpc) is 3.08. The molecule has 0 spiro atoms. The lowest BCUT2D eigenvalue weighted by Gasteiger charge is -2.53. The van der Waals surface area contributed by atoms with Crippen molar-refractivity contribution in [1.29, 1.82) is 0 Å². The van der Waals surface area contributed by atoms with E-state index in [1.165, 1.54) is 0 Å². The monoisotopic (exact) mass is 290 g/mol. The van der Waals surface area contributed by atoms with E-state index in [0.717, 1.165) is 16.8 Å². The van der Waals surface area contributed by atoms with Gasteiger partial charge in [-0.05, 0) is 12.0 Å². The normalized spacial score (nSPS) is 28.8. The zero-order chi connectivity index (χ0) is 14.6. The second-order valence-electron chi connectivity index (χ2n) is 6.15. The summed E-state index contributed by atoms with van der Waals surface area (Å²) in [7, 11) is 0. The van der Waals surface area contributed by atoms with Crippen molar-refractivity contribution in [3.8, 4) is 11.3 Å². The molecule has 1 aromatic carbocycles. The molecule has 2 aliphatic rings. The molecule has 5 heteroatoms. The van der Waals surface area contributed by atoms with E-state index in [4.69, 9.17) is 0 Å². The van der Waals surface area contributed by atoms with Gasteiger partial charge < -0.3 is 9.67 Å². The molecule has 1 fully saturated rings. The molecule has 110 valence electrons. The van der Waals surface area contributed by atoms with Gasteiger partial charge in [-0.1, -0.05) is 24.3 Å². The molecule has 3 atom stereocenters. The fourth-order valence-electron chi connectivity index (χ4n) is 4.03. The van der Waals surface area contributed by atoms with Gasteiger partial charge in [0.15, 0.2) is 0 Å². The highest BCUT2D eigenvalue weighted by atomic mass is 19.1. The summed E-state index contributed by atoms with van der Waals surface area (Å²) in [4.78, 5) is 4.15. The van der Waals surface area contributed by atoms with Gasteiger partial charge in [0.25, 0.3) is 0 Å². The van der Waals surface area contributed by atoms with Crippen LogP contribution in [0.3, 0.4) is 0 Å². The van der Waals surface area contributed by atoms with Crippen molar-refractivity contribution in [2.24, 2.45) is 11.3 Å². The summed E-state index contributed by atoms with van der Waals surface area (Å²) in [5.41, 5.74) is 1.93. The summed E-state index contributed by atoms with van der Waals surface area (Å²) in [6.07, 6.45) is 2.96. The van der Waals surface area contributed by atoms with Crippen LogP contribution in [0.4, 0.5) is 8.78 Å². The maximum atomic E-state index is 13.5. The first-order valence-corrected chi connectivity index (χ1v) is 7.13. The minimum absolute atomic E-state index is 0.188. The lowest BCUT2D eigenvalue weighted by atomic mass is 9.56. The van der Waals surface area contributed by atoms with Gasteiger partial charge in [-0.3, -0.25) is 8.78 Å². The summed E-state index contributed by atoms with van der Waals surface area (Å²) >= 11 is 0. The number of fused-ring (bicyclic) bond motifs is 3. The molecule has 4 rings (SSSR count). The van der Waals surface area contributed by atoms with Crippen molar-refractivity contribution in [1.82, 2.24) is 9.55 Å². The molecule has 2 aromatic rings. The molecule has 0 amide bonds. The molecule has 0 bridgehead atoms. The van der Waals surface area contributed by atoms with E-state index in [2.05, 4.69) is 4.98 Å². The number of halogens is 2. The summed E-state index contributed by atoms with van der Waals surface area (Å²) < 4.78 is 28.9. The quantitative estimate of drug-likeness (QED) is 0.944. The Morgan fingerprint density at radius 3 is 2.76 bits per heavy atom. The lowest BCUT2D eigenvalue weighted by Crippen LogP contribution is -2.57. The second kappa shape index (κ2) is 4.37. The Morgan fingerprint density at radius 2 is 2.05 bits per heavy atom. The van der Waals surface area contributed by atoms with Crippen LogP contribution in [-0.4, -0.2) is 34.1 Å². The Bertz CT molecular complexity index is 680. The van der Waals surface area contributed by atoms with Crippen LogP contribution in [0.2, 0.25) is 0 Å². The topological polar surface area (TPSA) is 38.1 Å². The van der Waals surface area contributed by atoms with E-state index in [0.29, 0.717) is 0 Å². The number of aliphatic hydroxyl groups is 1. The Kier molecular flexibility index (Phi) is 2.70. The molecule has 3 nitrogen and oxygen atoms in total. The Morgan fingerprint density at radius 1 is 1.29 bits per heavy atom. The molecule has 0 radical (unpaired) electrons. The van der Waals surface area contributed by atoms with Crippen molar-refractivity contribution >= 4 is 0 Å². The van der Waals surface area contributed by atoms with Gasteiger partial charge in [-0.25, -0.2) is 4.98 Å². The van der Waals surface area contributed by atoms with Crippen LogP contribution >= 0.6 is 0 Å². The number of aliphatic hydroxyl groups excluding tert-OH is 1. The number of aromatic nitrogens is 2. The zero-order valence-electron chi connectivity index (χ0n) is 11.4. The van der Waals surface area contributed by atoms with Crippen LogP contribution in [0, 0.1) is 11.3 Å². The van der Waals surface area contributed by atoms with Gasteiger partial charge in [-0.15, -0.1) is 0 Å². The van der Waals surface area contributed by atoms with Gasteiger partial charge in [0.1, 0.15) is 0 Å². The van der Waals surface area contributed by atoms with E-state index in [-0.39, 0.29) is 12.5 Å². The maximum absolute atomic E-state index is 13.5. The number of nitrogens with zero attached hydrogens (tertiary/aromatic N) is 2. The second-order valence-corrected chi connectivity index (χ2v) is 6.15. The third-order valence-electron chi connectivity index (χ3n) is 5.13. The molecule has 21 heavy (non-hydrogen) atoms. The van der Waals surface area contributed by atoms with Crippen LogP contribution < -0.4 is 0 Å². The van der Waals surface area contributed by atoms with Gasteiger partial charge in [0, 0.05) is 16.9 Å². The molecule has 0 saturated heterocycles. The predicted molar refractivity (Wildman–Crippen MR) is 74.3 cm³/mol. The molecule has 1 N–H and O–H groups in total. The lowest BCUT2D eigenvalue weighted by molar-refractivity contribution is -0.143. The number of rotatable bonds is 3. The fourth-order valence-corrected chi connectivity index (χ4v) is 4.03. The highest BCUT2D eigenvalue weighted by Gasteiger charge is 2.59. The summed E-state index contributed by atoms with van der Waals surface area (Å²) in [5.74, 6) is -0.455.